The molecule has 168 valence electrons. The number of carboxylic acid groups (broad SMARTS) is 1. The third-order valence-corrected chi connectivity index (χ3v) is 6.14. The lowest BCUT2D eigenvalue weighted by Crippen LogP contribution is -2.95. The minimum absolute atomic E-state index is 0.0924. The highest BCUT2D eigenvalue weighted by molar-refractivity contribution is 5.86. The van der Waals surface area contributed by atoms with E-state index in [0.29, 0.717) is 12.2 Å². The molecule has 5 rings (SSSR count). The first kappa shape index (κ1) is 20.7. The lowest BCUT2D eigenvalue weighted by atomic mass is 9.89. The number of nitrogens with two attached hydrogens (primary N) is 1. The summed E-state index contributed by atoms with van der Waals surface area (Å²) in [6.45, 7) is 0.265. The van der Waals surface area contributed by atoms with Gasteiger partial charge in [0, 0.05) is 28.5 Å². The van der Waals surface area contributed by atoms with Crippen molar-refractivity contribution < 1.29 is 24.9 Å². The van der Waals surface area contributed by atoms with Gasteiger partial charge in [0.05, 0.1) is 30.2 Å². The fourth-order valence-corrected chi connectivity index (χ4v) is 4.59. The molecule has 0 aliphatic carbocycles. The Morgan fingerprint density at radius 3 is 2.88 bits per heavy atom. The number of fused-ring (bicyclic) bond motifs is 3. The van der Waals surface area contributed by atoms with Gasteiger partial charge in [-0.1, -0.05) is 18.2 Å². The predicted molar refractivity (Wildman–Crippen MR) is 116 cm³/mol. The van der Waals surface area contributed by atoms with Crippen LogP contribution in [-0.4, -0.2) is 38.8 Å². The number of nitro groups is 1. The van der Waals surface area contributed by atoms with Gasteiger partial charge in [-0.3, -0.25) is 14.8 Å². The van der Waals surface area contributed by atoms with Crippen LogP contribution in [0.2, 0.25) is 0 Å². The summed E-state index contributed by atoms with van der Waals surface area (Å²) in [6.07, 6.45) is 2.94. The maximum atomic E-state index is 11.8. The Morgan fingerprint density at radius 1 is 1.33 bits per heavy atom. The van der Waals surface area contributed by atoms with Crippen LogP contribution in [0.25, 0.3) is 10.9 Å². The van der Waals surface area contributed by atoms with Crippen LogP contribution in [-0.2, 0) is 17.8 Å². The number of rotatable bonds is 6. The molecule has 4 aromatic rings. The largest absolute Gasteiger partial charge is 0.544 e. The number of para-hydroxylation sites is 1. The van der Waals surface area contributed by atoms with Crippen LogP contribution >= 0.6 is 0 Å². The molecule has 3 N–H and O–H groups in total. The third kappa shape index (κ3) is 3.70. The smallest absolute Gasteiger partial charge is 0.307 e. The normalized spacial score (nSPS) is 17.6. The molecule has 0 saturated carbocycles. The molecule has 2 aromatic heterocycles. The van der Waals surface area contributed by atoms with Crippen molar-refractivity contribution in [1.82, 2.24) is 14.8 Å². The minimum Gasteiger partial charge on any atom is -0.544 e. The van der Waals surface area contributed by atoms with E-state index in [4.69, 9.17) is 4.74 Å². The number of hydrogen-bond donors (Lipinski definition) is 2. The predicted octanol–water partition coefficient (Wildman–Crippen LogP) is 0.657. The average molecular weight is 447 g/mol. The second-order valence-electron chi connectivity index (χ2n) is 8.09. The summed E-state index contributed by atoms with van der Waals surface area (Å²) in [4.78, 5) is 25.8. The number of carboxylic acids is 1. The van der Waals surface area contributed by atoms with Crippen LogP contribution in [0.15, 0.2) is 54.9 Å². The van der Waals surface area contributed by atoms with E-state index < -0.39 is 16.9 Å². The van der Waals surface area contributed by atoms with Gasteiger partial charge in [-0.2, -0.15) is 5.10 Å². The molecule has 0 bridgehead atoms. The SMILES string of the molecule is COc1ccc([C@@H]2[NH2+][C@H](C(=O)[O-])Cc3c2[nH]c2ccccc32)cc1Cn1cc([N+](=O)[O-])cn1. The van der Waals surface area contributed by atoms with Crippen molar-refractivity contribution in [3.05, 3.63) is 87.4 Å². The summed E-state index contributed by atoms with van der Waals surface area (Å²) in [7, 11) is 1.55. The number of aliphatic carboxylic acids is 1. The molecule has 1 aliphatic heterocycles. The number of H-pyrrole nitrogens is 1. The van der Waals surface area contributed by atoms with Crippen LogP contribution < -0.4 is 15.2 Å². The van der Waals surface area contributed by atoms with Crippen LogP contribution in [0.1, 0.15) is 28.4 Å². The van der Waals surface area contributed by atoms with Gasteiger partial charge in [-0.25, -0.2) is 0 Å². The van der Waals surface area contributed by atoms with E-state index in [1.165, 1.54) is 17.1 Å². The zero-order chi connectivity index (χ0) is 23.1. The fourth-order valence-electron chi connectivity index (χ4n) is 4.59. The Kier molecular flexibility index (Phi) is 5.06. The standard InChI is InChI=1S/C23H21N5O5/c1-33-20-7-6-13(8-14(20)11-27-12-15(10-24-27)28(31)32)21-22-17(9-19(26-21)23(29)30)16-4-2-3-5-18(16)25-22/h2-8,10,12,19,21,25-26H,9,11H2,1H3,(H,29,30)/t19-,21-/m0/s1. The van der Waals surface area contributed by atoms with Crippen LogP contribution in [0.4, 0.5) is 5.69 Å². The highest BCUT2D eigenvalue weighted by Gasteiger charge is 2.35. The Labute approximate surface area is 187 Å². The van der Waals surface area contributed by atoms with Crippen molar-refractivity contribution in [2.75, 3.05) is 7.11 Å². The first-order valence-electron chi connectivity index (χ1n) is 10.4. The van der Waals surface area contributed by atoms with E-state index >= 15 is 0 Å². The number of ether oxygens (including phenoxy) is 1. The van der Waals surface area contributed by atoms with Crippen LogP contribution in [0.5, 0.6) is 5.75 Å². The number of hydrogen-bond acceptors (Lipinski definition) is 6. The summed E-state index contributed by atoms with van der Waals surface area (Å²) in [6, 6.07) is 12.5. The van der Waals surface area contributed by atoms with Crippen molar-refractivity contribution >= 4 is 22.6 Å². The molecule has 33 heavy (non-hydrogen) atoms. The number of benzene rings is 2. The first-order chi connectivity index (χ1) is 15.9. The molecule has 10 heteroatoms. The van der Waals surface area contributed by atoms with E-state index in [9.17, 15) is 20.0 Å². The van der Waals surface area contributed by atoms with Crippen molar-refractivity contribution in [2.45, 2.75) is 25.0 Å². The van der Waals surface area contributed by atoms with Crippen LogP contribution in [0, 0.1) is 10.1 Å². The number of carbonyl (C=O) groups is 1. The molecule has 0 fully saturated rings. The number of quaternary nitrogens is 1. The molecule has 0 spiro atoms. The number of nitrogens with one attached hydrogen (secondary N) is 1. The molecular weight excluding hydrogens is 426 g/mol. The van der Waals surface area contributed by atoms with Gasteiger partial charge in [0.15, 0.2) is 6.04 Å². The number of nitrogens with zero attached hydrogens (tertiary/aromatic N) is 3. The minimum atomic E-state index is -1.10. The van der Waals surface area contributed by atoms with E-state index in [-0.39, 0.29) is 18.3 Å². The quantitative estimate of drug-likeness (QED) is 0.328. The zero-order valence-corrected chi connectivity index (χ0v) is 17.7. The van der Waals surface area contributed by atoms with E-state index in [1.807, 2.05) is 42.5 Å². The summed E-state index contributed by atoms with van der Waals surface area (Å²) >= 11 is 0. The topological polar surface area (TPSA) is 143 Å². The zero-order valence-electron chi connectivity index (χ0n) is 17.7. The molecule has 10 nitrogen and oxygen atoms in total. The van der Waals surface area contributed by atoms with Gasteiger partial charge < -0.3 is 24.9 Å². The number of aromatic amines is 1. The molecular formula is C23H21N5O5. The van der Waals surface area contributed by atoms with Gasteiger partial charge in [-0.15, -0.1) is 0 Å². The Hall–Kier alpha value is -4.18. The van der Waals surface area contributed by atoms with Gasteiger partial charge >= 0.3 is 5.69 Å². The maximum Gasteiger partial charge on any atom is 0.307 e. The molecule has 1 aliphatic rings. The van der Waals surface area contributed by atoms with Gasteiger partial charge in [0.2, 0.25) is 0 Å². The lowest BCUT2D eigenvalue weighted by Gasteiger charge is -2.29. The number of carbonyl (C=O) groups excluding carboxylic acids is 1. The molecule has 2 aromatic carbocycles. The maximum absolute atomic E-state index is 11.8. The van der Waals surface area contributed by atoms with Gasteiger partial charge in [-0.05, 0) is 29.8 Å². The van der Waals surface area contributed by atoms with Crippen molar-refractivity contribution in [1.29, 1.82) is 0 Å². The highest BCUT2D eigenvalue weighted by atomic mass is 16.6. The van der Waals surface area contributed by atoms with E-state index in [1.54, 1.807) is 12.4 Å². The number of methoxy groups -OCH3 is 1. The molecule has 0 unspecified atom stereocenters. The molecule has 0 amide bonds. The second-order valence-corrected chi connectivity index (χ2v) is 8.09. The summed E-state index contributed by atoms with van der Waals surface area (Å²) in [5.74, 6) is -0.491. The average Bonchev–Trinajstić information content (AvgIpc) is 3.43. The summed E-state index contributed by atoms with van der Waals surface area (Å²) in [5.41, 5.74) is 4.45. The summed E-state index contributed by atoms with van der Waals surface area (Å²) < 4.78 is 6.97. The monoisotopic (exact) mass is 447 g/mol. The van der Waals surface area contributed by atoms with Gasteiger partial charge in [0.25, 0.3) is 0 Å². The number of aromatic nitrogens is 3. The Morgan fingerprint density at radius 2 is 2.15 bits per heavy atom. The Bertz CT molecular complexity index is 1370. The van der Waals surface area contributed by atoms with Crippen molar-refractivity contribution in [3.63, 3.8) is 0 Å². The van der Waals surface area contributed by atoms with Gasteiger partial charge in [0.1, 0.15) is 24.2 Å². The second kappa shape index (κ2) is 8.06. The van der Waals surface area contributed by atoms with E-state index in [2.05, 4.69) is 10.1 Å². The molecule has 0 saturated heterocycles. The Balaban J connectivity index is 1.57. The molecule has 3 heterocycles. The van der Waals surface area contributed by atoms with E-state index in [0.717, 1.165) is 33.3 Å². The highest BCUT2D eigenvalue weighted by Crippen LogP contribution is 2.33. The lowest BCUT2D eigenvalue weighted by molar-refractivity contribution is -0.717. The molecule has 2 atom stereocenters. The summed E-state index contributed by atoms with van der Waals surface area (Å²) in [5, 5.41) is 29.7. The van der Waals surface area contributed by atoms with Crippen molar-refractivity contribution in [3.8, 4) is 5.75 Å². The fraction of sp³-hybridized carbons (Fsp3) is 0.217. The third-order valence-electron chi connectivity index (χ3n) is 6.14. The van der Waals surface area contributed by atoms with Crippen LogP contribution in [0.3, 0.4) is 0 Å². The van der Waals surface area contributed by atoms with Crippen molar-refractivity contribution in [2.24, 2.45) is 0 Å². The molecule has 0 radical (unpaired) electrons. The first-order valence-corrected chi connectivity index (χ1v) is 10.4.